The molecular weight excluding hydrogens is 280 g/mol. The zero-order valence-electron chi connectivity index (χ0n) is 12.0. The quantitative estimate of drug-likeness (QED) is 0.713. The van der Waals surface area contributed by atoms with E-state index in [0.717, 1.165) is 36.6 Å². The third-order valence-electron chi connectivity index (χ3n) is 4.35. The number of para-hydroxylation sites is 1. The minimum absolute atomic E-state index is 0.00529. The van der Waals surface area contributed by atoms with Crippen molar-refractivity contribution in [1.29, 1.82) is 0 Å². The highest BCUT2D eigenvalue weighted by Gasteiger charge is 2.23. The van der Waals surface area contributed by atoms with Crippen LogP contribution in [0.15, 0.2) is 35.3 Å². The summed E-state index contributed by atoms with van der Waals surface area (Å²) >= 11 is 0. The maximum atomic E-state index is 12.5. The molecule has 112 valence electrons. The Balaban J connectivity index is 1.87. The summed E-state index contributed by atoms with van der Waals surface area (Å²) in [5.74, 6) is -0.353. The zero-order valence-corrected chi connectivity index (χ0v) is 12.0. The normalized spacial score (nSPS) is 15.6. The Hall–Kier alpha value is -2.56. The van der Waals surface area contributed by atoms with Crippen LogP contribution < -0.4 is 5.56 Å². The van der Waals surface area contributed by atoms with Crippen LogP contribution in [-0.4, -0.2) is 22.0 Å². The van der Waals surface area contributed by atoms with Crippen molar-refractivity contribution in [3.63, 3.8) is 0 Å². The largest absolute Gasteiger partial charge is 0.459 e. The highest BCUT2D eigenvalue weighted by Crippen LogP contribution is 2.27. The number of aromatic nitrogens is 2. The zero-order chi connectivity index (χ0) is 15.1. The van der Waals surface area contributed by atoms with Gasteiger partial charge in [0.1, 0.15) is 11.6 Å². The summed E-state index contributed by atoms with van der Waals surface area (Å²) in [5, 5.41) is 1.49. The van der Waals surface area contributed by atoms with Gasteiger partial charge in [0.15, 0.2) is 0 Å². The molecule has 0 saturated heterocycles. The predicted molar refractivity (Wildman–Crippen MR) is 84.1 cm³/mol. The summed E-state index contributed by atoms with van der Waals surface area (Å²) in [4.78, 5) is 30.3. The number of fused-ring (bicyclic) bond motifs is 3. The number of benzene rings is 1. The number of pyridine rings is 1. The lowest BCUT2D eigenvalue weighted by Gasteiger charge is -2.11. The fraction of sp³-hybridized carbons (Fsp3) is 0.294. The second kappa shape index (κ2) is 5.02. The molecule has 0 spiro atoms. The van der Waals surface area contributed by atoms with E-state index in [-0.39, 0.29) is 17.6 Å². The Morgan fingerprint density at radius 1 is 1.18 bits per heavy atom. The van der Waals surface area contributed by atoms with E-state index in [0.29, 0.717) is 16.5 Å². The molecule has 4 rings (SSSR count). The molecule has 1 saturated carbocycles. The van der Waals surface area contributed by atoms with Crippen LogP contribution in [0.25, 0.3) is 21.8 Å². The molecule has 0 unspecified atom stereocenters. The smallest absolute Gasteiger partial charge is 0.340 e. The molecule has 1 fully saturated rings. The van der Waals surface area contributed by atoms with Crippen molar-refractivity contribution in [1.82, 2.24) is 9.97 Å². The molecule has 2 heterocycles. The number of hydrogen-bond acceptors (Lipinski definition) is 3. The number of aromatic amines is 2. The van der Waals surface area contributed by atoms with Gasteiger partial charge in [-0.2, -0.15) is 0 Å². The summed E-state index contributed by atoms with van der Waals surface area (Å²) in [7, 11) is 0. The second-order valence-electron chi connectivity index (χ2n) is 5.76. The van der Waals surface area contributed by atoms with E-state index in [2.05, 4.69) is 9.97 Å². The van der Waals surface area contributed by atoms with Crippen molar-refractivity contribution >= 4 is 27.8 Å². The molecule has 5 heteroatoms. The molecule has 0 bridgehead atoms. The van der Waals surface area contributed by atoms with Gasteiger partial charge < -0.3 is 14.7 Å². The lowest BCUT2D eigenvalue weighted by Crippen LogP contribution is -2.15. The van der Waals surface area contributed by atoms with E-state index in [1.54, 1.807) is 6.20 Å². The lowest BCUT2D eigenvalue weighted by molar-refractivity contribution is 0.0320. The van der Waals surface area contributed by atoms with Crippen molar-refractivity contribution in [3.8, 4) is 0 Å². The molecule has 2 aromatic heterocycles. The Morgan fingerprint density at radius 2 is 1.95 bits per heavy atom. The molecule has 1 aliphatic rings. The molecular formula is C17H16N2O3. The number of rotatable bonds is 2. The van der Waals surface area contributed by atoms with Crippen LogP contribution in [0.5, 0.6) is 0 Å². The van der Waals surface area contributed by atoms with Gasteiger partial charge >= 0.3 is 5.97 Å². The first-order valence-corrected chi connectivity index (χ1v) is 7.57. The summed E-state index contributed by atoms with van der Waals surface area (Å²) in [6.07, 6.45) is 5.64. The first-order chi connectivity index (χ1) is 10.7. The van der Waals surface area contributed by atoms with E-state index in [9.17, 15) is 9.59 Å². The van der Waals surface area contributed by atoms with E-state index in [1.807, 2.05) is 24.3 Å². The highest BCUT2D eigenvalue weighted by atomic mass is 16.5. The Bertz CT molecular complexity index is 916. The number of nitrogens with one attached hydrogen (secondary N) is 2. The summed E-state index contributed by atoms with van der Waals surface area (Å²) in [6, 6.07) is 7.47. The first kappa shape index (κ1) is 13.1. The monoisotopic (exact) mass is 296 g/mol. The average Bonchev–Trinajstić information content (AvgIpc) is 3.16. The van der Waals surface area contributed by atoms with Gasteiger partial charge in [-0.25, -0.2) is 4.79 Å². The van der Waals surface area contributed by atoms with E-state index >= 15 is 0 Å². The lowest BCUT2D eigenvalue weighted by atomic mass is 10.1. The summed E-state index contributed by atoms with van der Waals surface area (Å²) < 4.78 is 5.58. The van der Waals surface area contributed by atoms with Crippen LogP contribution in [0.3, 0.4) is 0 Å². The maximum absolute atomic E-state index is 12.5. The van der Waals surface area contributed by atoms with Gasteiger partial charge in [0.2, 0.25) is 0 Å². The van der Waals surface area contributed by atoms with Gasteiger partial charge in [-0.05, 0) is 31.7 Å². The molecule has 1 aliphatic carbocycles. The highest BCUT2D eigenvalue weighted by molar-refractivity contribution is 6.14. The molecule has 3 aromatic rings. The van der Waals surface area contributed by atoms with Crippen molar-refractivity contribution in [2.45, 2.75) is 31.8 Å². The molecule has 0 aliphatic heterocycles. The second-order valence-corrected chi connectivity index (χ2v) is 5.76. The van der Waals surface area contributed by atoms with Crippen LogP contribution in [0.1, 0.15) is 36.0 Å². The minimum Gasteiger partial charge on any atom is -0.459 e. The SMILES string of the molecule is O=C(OC1CCCC1)c1c[nH]c2c(=O)[nH]c3ccccc3c12. The Labute approximate surface area is 126 Å². The molecule has 2 N–H and O–H groups in total. The standard InChI is InChI=1S/C17H16N2O3/c20-16-15-14(11-7-3-4-8-13(11)19-16)12(9-18-15)17(21)22-10-5-1-2-6-10/h3-4,7-10,18H,1-2,5-6H2,(H,19,20). The van der Waals surface area contributed by atoms with Crippen LogP contribution in [0.2, 0.25) is 0 Å². The van der Waals surface area contributed by atoms with Crippen molar-refractivity contribution in [2.24, 2.45) is 0 Å². The van der Waals surface area contributed by atoms with Gasteiger partial charge in [-0.15, -0.1) is 0 Å². The number of H-pyrrole nitrogens is 2. The van der Waals surface area contributed by atoms with Gasteiger partial charge in [0, 0.05) is 22.5 Å². The van der Waals surface area contributed by atoms with Gasteiger partial charge in [-0.1, -0.05) is 18.2 Å². The predicted octanol–water partition coefficient (Wildman–Crippen LogP) is 3.11. The number of carbonyl (C=O) groups excluding carboxylic acids is 1. The van der Waals surface area contributed by atoms with E-state index < -0.39 is 0 Å². The fourth-order valence-corrected chi connectivity index (χ4v) is 3.26. The number of hydrogen-bond donors (Lipinski definition) is 2. The molecule has 1 aromatic carbocycles. The molecule has 0 radical (unpaired) electrons. The Morgan fingerprint density at radius 3 is 2.77 bits per heavy atom. The maximum Gasteiger partial charge on any atom is 0.340 e. The van der Waals surface area contributed by atoms with Crippen LogP contribution in [-0.2, 0) is 4.74 Å². The van der Waals surface area contributed by atoms with Crippen LogP contribution in [0.4, 0.5) is 0 Å². The molecule has 0 atom stereocenters. The molecule has 22 heavy (non-hydrogen) atoms. The topological polar surface area (TPSA) is 75.0 Å². The minimum atomic E-state index is -0.353. The number of ether oxygens (including phenoxy) is 1. The number of esters is 1. The van der Waals surface area contributed by atoms with Crippen molar-refractivity contribution in [2.75, 3.05) is 0 Å². The fourth-order valence-electron chi connectivity index (χ4n) is 3.26. The number of carbonyl (C=O) groups is 1. The molecule has 0 amide bonds. The first-order valence-electron chi connectivity index (χ1n) is 7.57. The van der Waals surface area contributed by atoms with Gasteiger partial charge in [0.05, 0.1) is 5.56 Å². The summed E-state index contributed by atoms with van der Waals surface area (Å²) in [6.45, 7) is 0. The van der Waals surface area contributed by atoms with Crippen LogP contribution in [0, 0.1) is 0 Å². The van der Waals surface area contributed by atoms with E-state index in [4.69, 9.17) is 4.74 Å². The third kappa shape index (κ3) is 2.01. The average molecular weight is 296 g/mol. The Kier molecular flexibility index (Phi) is 2.99. The van der Waals surface area contributed by atoms with Crippen molar-refractivity contribution in [3.05, 3.63) is 46.4 Å². The van der Waals surface area contributed by atoms with Gasteiger partial charge in [-0.3, -0.25) is 4.79 Å². The summed E-state index contributed by atoms with van der Waals surface area (Å²) in [5.41, 5.74) is 1.34. The van der Waals surface area contributed by atoms with Gasteiger partial charge in [0.25, 0.3) is 5.56 Å². The van der Waals surface area contributed by atoms with E-state index in [1.165, 1.54) is 0 Å². The van der Waals surface area contributed by atoms with Crippen LogP contribution >= 0.6 is 0 Å². The third-order valence-corrected chi connectivity index (χ3v) is 4.35. The molecule has 5 nitrogen and oxygen atoms in total. The van der Waals surface area contributed by atoms with Crippen molar-refractivity contribution < 1.29 is 9.53 Å².